The van der Waals surface area contributed by atoms with Crippen LogP contribution in [0.3, 0.4) is 0 Å². The molecule has 3 aromatic carbocycles. The van der Waals surface area contributed by atoms with E-state index in [1.165, 1.54) is 17.4 Å². The van der Waals surface area contributed by atoms with E-state index in [2.05, 4.69) is 15.3 Å². The van der Waals surface area contributed by atoms with E-state index in [1.807, 2.05) is 19.1 Å². The molecule has 5 aromatic rings. The molecule has 1 N–H and O–H groups in total. The fourth-order valence-electron chi connectivity index (χ4n) is 5.51. The molecular formula is C32H28FN5O6S. The number of thiazole rings is 1. The number of halogens is 1. The number of hydrogen-bond donors (Lipinski definition) is 1. The van der Waals surface area contributed by atoms with Gasteiger partial charge in [-0.1, -0.05) is 0 Å². The van der Waals surface area contributed by atoms with Gasteiger partial charge in [0.15, 0.2) is 11.6 Å². The van der Waals surface area contributed by atoms with Crippen molar-refractivity contribution in [2.24, 2.45) is 0 Å². The molecule has 4 heterocycles. The van der Waals surface area contributed by atoms with Gasteiger partial charge in [0.2, 0.25) is 5.88 Å². The number of aromatic nitrogens is 3. The summed E-state index contributed by atoms with van der Waals surface area (Å²) in [7, 11) is 1.54. The van der Waals surface area contributed by atoms with Crippen molar-refractivity contribution in [1.82, 2.24) is 19.9 Å². The van der Waals surface area contributed by atoms with Crippen molar-refractivity contribution >= 4 is 50.3 Å². The lowest BCUT2D eigenvalue weighted by atomic mass is 10.1. The van der Waals surface area contributed by atoms with Gasteiger partial charge in [-0.05, 0) is 48.9 Å². The molecule has 11 nitrogen and oxygen atoms in total. The molecule has 2 aromatic heterocycles. The number of aryl methyl sites for hydroxylation is 1. The maximum atomic E-state index is 15.2. The van der Waals surface area contributed by atoms with E-state index in [1.54, 1.807) is 42.5 Å². The monoisotopic (exact) mass is 629 g/mol. The Kier molecular flexibility index (Phi) is 7.63. The van der Waals surface area contributed by atoms with E-state index in [4.69, 9.17) is 23.9 Å². The number of ether oxygens (including phenoxy) is 4. The van der Waals surface area contributed by atoms with E-state index in [0.717, 1.165) is 15.8 Å². The zero-order valence-corrected chi connectivity index (χ0v) is 25.3. The fraction of sp³-hybridized carbons (Fsp3) is 0.281. The van der Waals surface area contributed by atoms with Crippen LogP contribution in [0.2, 0.25) is 0 Å². The number of anilines is 1. The van der Waals surface area contributed by atoms with Crippen LogP contribution in [-0.4, -0.2) is 78.0 Å². The average Bonchev–Trinajstić information content (AvgIpc) is 3.68. The summed E-state index contributed by atoms with van der Waals surface area (Å²) in [6.45, 7) is 4.02. The average molecular weight is 630 g/mol. The maximum absolute atomic E-state index is 15.2. The minimum absolute atomic E-state index is 0.0821. The Labute approximate surface area is 260 Å². The number of amides is 2. The van der Waals surface area contributed by atoms with Gasteiger partial charge in [0.05, 0.1) is 47.8 Å². The van der Waals surface area contributed by atoms with Crippen molar-refractivity contribution in [2.45, 2.75) is 19.4 Å². The van der Waals surface area contributed by atoms with E-state index < -0.39 is 18.0 Å². The first-order valence-electron chi connectivity index (χ1n) is 14.4. The molecule has 2 amide bonds. The zero-order chi connectivity index (χ0) is 31.1. The molecule has 1 atom stereocenters. The number of hydrogen-bond acceptors (Lipinski definition) is 10. The molecule has 1 saturated heterocycles. The second-order valence-electron chi connectivity index (χ2n) is 10.8. The van der Waals surface area contributed by atoms with E-state index in [0.29, 0.717) is 77.0 Å². The minimum Gasteiger partial charge on any atom is -0.483 e. The first kappa shape index (κ1) is 28.9. The van der Waals surface area contributed by atoms with E-state index in [-0.39, 0.29) is 18.3 Å². The van der Waals surface area contributed by atoms with Gasteiger partial charge < -0.3 is 23.8 Å². The first-order chi connectivity index (χ1) is 21.9. The van der Waals surface area contributed by atoms with Gasteiger partial charge in [-0.3, -0.25) is 10.1 Å². The fourth-order valence-corrected chi connectivity index (χ4v) is 6.62. The van der Waals surface area contributed by atoms with Crippen LogP contribution in [0.4, 0.5) is 14.9 Å². The molecule has 45 heavy (non-hydrogen) atoms. The van der Waals surface area contributed by atoms with Gasteiger partial charge in [-0.15, -0.1) is 11.3 Å². The Hall–Kier alpha value is -4.88. The van der Waals surface area contributed by atoms with Crippen LogP contribution in [0.25, 0.3) is 31.8 Å². The van der Waals surface area contributed by atoms with Crippen molar-refractivity contribution in [2.75, 3.05) is 45.3 Å². The molecular weight excluding hydrogens is 601 g/mol. The number of methoxy groups -OCH3 is 1. The molecule has 7 rings (SSSR count). The highest BCUT2D eigenvalue weighted by molar-refractivity contribution is 7.22. The summed E-state index contributed by atoms with van der Waals surface area (Å²) in [5, 5.41) is 3.34. The summed E-state index contributed by atoms with van der Waals surface area (Å²) in [5.74, 6) is -0.0462. The lowest BCUT2D eigenvalue weighted by Crippen LogP contribution is -2.40. The molecule has 0 unspecified atom stereocenters. The number of carbonyl (C=O) groups is 2. The molecule has 0 bridgehead atoms. The van der Waals surface area contributed by atoms with Crippen molar-refractivity contribution < 1.29 is 32.9 Å². The molecule has 13 heteroatoms. The van der Waals surface area contributed by atoms with Gasteiger partial charge in [0.1, 0.15) is 17.7 Å². The topological polar surface area (TPSA) is 125 Å². The van der Waals surface area contributed by atoms with Crippen LogP contribution >= 0.6 is 11.3 Å². The Morgan fingerprint density at radius 2 is 1.91 bits per heavy atom. The molecule has 1 fully saturated rings. The maximum Gasteiger partial charge on any atom is 0.411 e. The number of fused-ring (bicyclic) bond motifs is 4. The number of nitrogens with zero attached hydrogens (tertiary/aromatic N) is 4. The molecule has 2 aliphatic rings. The smallest absolute Gasteiger partial charge is 0.411 e. The standard InChI is InChI=1S/C32H28FN5O6S/c1-17-11-21(27-24(12-17)36-26(41-2)15-34-27)30-37-25-14-23(33)28-22(29(25)45-30)13-20(44-28)16-43-32(40)35-19-5-3-18(4-6-19)31(39)38-7-9-42-10-8-38/h3-6,11-12,14-15,20H,7-10,13,16H2,1-2H3,(H,35,40)/t20-/m1/s1. The summed E-state index contributed by atoms with van der Waals surface area (Å²) in [6, 6.07) is 11.9. The largest absolute Gasteiger partial charge is 0.483 e. The van der Waals surface area contributed by atoms with Crippen LogP contribution in [0.15, 0.2) is 48.7 Å². The molecule has 0 spiro atoms. The highest BCUT2D eigenvalue weighted by Gasteiger charge is 2.31. The predicted molar refractivity (Wildman–Crippen MR) is 166 cm³/mol. The second-order valence-corrected chi connectivity index (χ2v) is 11.8. The van der Waals surface area contributed by atoms with E-state index in [9.17, 15) is 9.59 Å². The first-order valence-corrected chi connectivity index (χ1v) is 15.2. The third-order valence-electron chi connectivity index (χ3n) is 7.68. The lowest BCUT2D eigenvalue weighted by molar-refractivity contribution is 0.0303. The second kappa shape index (κ2) is 11.9. The SMILES string of the molecule is COc1cnc2c(-c3nc4cc(F)c5c(c4s3)C[C@H](COC(=O)Nc3ccc(C(=O)N4CCOCC4)cc3)O5)cc(C)cc2n1. The molecule has 0 radical (unpaired) electrons. The molecule has 2 aliphatic heterocycles. The zero-order valence-electron chi connectivity index (χ0n) is 24.5. The number of nitrogens with one attached hydrogen (secondary N) is 1. The highest BCUT2D eigenvalue weighted by Crippen LogP contribution is 2.43. The molecule has 230 valence electrons. The van der Waals surface area contributed by atoms with Gasteiger partial charge in [-0.2, -0.15) is 0 Å². The number of morpholine rings is 1. The van der Waals surface area contributed by atoms with Crippen LogP contribution in [0.1, 0.15) is 21.5 Å². The van der Waals surface area contributed by atoms with Crippen LogP contribution < -0.4 is 14.8 Å². The highest BCUT2D eigenvalue weighted by atomic mass is 32.1. The number of benzene rings is 3. The lowest BCUT2D eigenvalue weighted by Gasteiger charge is -2.26. The van der Waals surface area contributed by atoms with Crippen molar-refractivity contribution in [3.05, 3.63) is 71.2 Å². The molecule has 0 saturated carbocycles. The Morgan fingerprint density at radius 3 is 2.69 bits per heavy atom. The van der Waals surface area contributed by atoms with Crippen LogP contribution in [0.5, 0.6) is 11.6 Å². The number of rotatable bonds is 6. The Morgan fingerprint density at radius 1 is 1.11 bits per heavy atom. The molecule has 0 aliphatic carbocycles. The van der Waals surface area contributed by atoms with Gasteiger partial charge in [-0.25, -0.2) is 24.1 Å². The van der Waals surface area contributed by atoms with Gasteiger partial charge >= 0.3 is 6.09 Å². The van der Waals surface area contributed by atoms with Gasteiger partial charge in [0, 0.05) is 48.0 Å². The van der Waals surface area contributed by atoms with Gasteiger partial charge in [0.25, 0.3) is 5.91 Å². The summed E-state index contributed by atoms with van der Waals surface area (Å²) < 4.78 is 37.8. The third-order valence-corrected chi connectivity index (χ3v) is 8.85. The van der Waals surface area contributed by atoms with E-state index >= 15 is 4.39 Å². The Balaban J connectivity index is 1.03. The summed E-state index contributed by atoms with van der Waals surface area (Å²) in [5.41, 5.74) is 5.33. The van der Waals surface area contributed by atoms with Crippen molar-refractivity contribution in [1.29, 1.82) is 0 Å². The number of carbonyl (C=O) groups excluding carboxylic acids is 2. The summed E-state index contributed by atoms with van der Waals surface area (Å²) >= 11 is 1.43. The summed E-state index contributed by atoms with van der Waals surface area (Å²) in [6.07, 6.45) is 0.658. The Bertz CT molecular complexity index is 1940. The quantitative estimate of drug-likeness (QED) is 0.263. The summed E-state index contributed by atoms with van der Waals surface area (Å²) in [4.78, 5) is 40.7. The van der Waals surface area contributed by atoms with Crippen molar-refractivity contribution in [3.63, 3.8) is 0 Å². The third kappa shape index (κ3) is 5.71. The normalized spacial score (nSPS) is 16.0. The predicted octanol–water partition coefficient (Wildman–Crippen LogP) is 5.39. The van der Waals surface area contributed by atoms with Crippen molar-refractivity contribution in [3.8, 4) is 22.2 Å². The minimum atomic E-state index is -0.684. The van der Waals surface area contributed by atoms with Crippen LogP contribution in [0, 0.1) is 12.7 Å². The van der Waals surface area contributed by atoms with Crippen LogP contribution in [-0.2, 0) is 15.9 Å².